The van der Waals surface area contributed by atoms with Crippen LogP contribution in [0, 0.1) is 0 Å². The Hall–Kier alpha value is -2.67. The number of amides is 2. The van der Waals surface area contributed by atoms with Gasteiger partial charge in [-0.1, -0.05) is 45.0 Å². The number of rotatable bonds is 8. The number of carbonyl (C=O) groups is 3. The maximum atomic E-state index is 13.7. The topological polar surface area (TPSA) is 66.9 Å². The van der Waals surface area contributed by atoms with Crippen molar-refractivity contribution in [2.24, 2.45) is 0 Å². The average molecular weight is 497 g/mol. The van der Waals surface area contributed by atoms with Gasteiger partial charge in [-0.3, -0.25) is 14.4 Å². The van der Waals surface area contributed by atoms with Gasteiger partial charge < -0.3 is 14.5 Å². The van der Waals surface area contributed by atoms with Crippen LogP contribution in [-0.2, 0) is 31.0 Å². The molecule has 1 atom stereocenters. The summed E-state index contributed by atoms with van der Waals surface area (Å²) in [7, 11) is 0. The molecule has 188 valence electrons. The molecular weight excluding hydrogens is 460 g/mol. The molecule has 2 aliphatic rings. The predicted molar refractivity (Wildman–Crippen MR) is 137 cm³/mol. The number of hydrogen-bond donors (Lipinski definition) is 0. The fourth-order valence-corrected chi connectivity index (χ4v) is 5.64. The molecule has 0 spiro atoms. The first-order valence-electron chi connectivity index (χ1n) is 12.6. The van der Waals surface area contributed by atoms with E-state index >= 15 is 0 Å². The number of thiophene rings is 1. The van der Waals surface area contributed by atoms with E-state index in [-0.39, 0.29) is 54.7 Å². The summed E-state index contributed by atoms with van der Waals surface area (Å²) in [6, 6.07) is 10.7. The van der Waals surface area contributed by atoms with E-state index in [1.54, 1.807) is 23.2 Å². The Kier molecular flexibility index (Phi) is 7.64. The van der Waals surface area contributed by atoms with E-state index in [0.29, 0.717) is 13.2 Å². The number of benzene rings is 1. The van der Waals surface area contributed by atoms with Crippen molar-refractivity contribution in [3.8, 4) is 0 Å². The summed E-state index contributed by atoms with van der Waals surface area (Å²) >= 11 is 1.75. The maximum absolute atomic E-state index is 13.7. The molecule has 0 bridgehead atoms. The van der Waals surface area contributed by atoms with Gasteiger partial charge in [-0.2, -0.15) is 0 Å². The first-order valence-corrected chi connectivity index (χ1v) is 13.5. The van der Waals surface area contributed by atoms with Crippen molar-refractivity contribution in [2.45, 2.75) is 77.3 Å². The van der Waals surface area contributed by atoms with Gasteiger partial charge in [0.2, 0.25) is 11.8 Å². The molecule has 1 aromatic carbocycles. The van der Waals surface area contributed by atoms with Gasteiger partial charge in [-0.15, -0.1) is 11.3 Å². The summed E-state index contributed by atoms with van der Waals surface area (Å²) in [5.41, 5.74) is 3.60. The first-order chi connectivity index (χ1) is 16.7. The molecule has 1 fully saturated rings. The zero-order valence-corrected chi connectivity index (χ0v) is 22.0. The van der Waals surface area contributed by atoms with Gasteiger partial charge in [0.15, 0.2) is 0 Å². The van der Waals surface area contributed by atoms with E-state index in [2.05, 4.69) is 56.5 Å². The second kappa shape index (κ2) is 10.5. The quantitative estimate of drug-likeness (QED) is 0.490. The van der Waals surface area contributed by atoms with Crippen molar-refractivity contribution in [1.29, 1.82) is 0 Å². The van der Waals surface area contributed by atoms with Crippen LogP contribution in [0.3, 0.4) is 0 Å². The molecule has 1 aliphatic carbocycles. The average Bonchev–Trinajstić information content (AvgIpc) is 3.55. The zero-order valence-electron chi connectivity index (χ0n) is 21.2. The van der Waals surface area contributed by atoms with Gasteiger partial charge in [-0.25, -0.2) is 0 Å². The summed E-state index contributed by atoms with van der Waals surface area (Å²) in [5.74, 6) is -0.556. The fraction of sp³-hybridized carbons (Fsp3) is 0.536. The molecule has 2 heterocycles. The molecule has 2 amide bonds. The molecule has 4 rings (SSSR count). The second-order valence-electron chi connectivity index (χ2n) is 10.5. The van der Waals surface area contributed by atoms with Crippen molar-refractivity contribution in [3.05, 3.63) is 57.3 Å². The molecule has 1 saturated carbocycles. The van der Waals surface area contributed by atoms with Crippen LogP contribution in [0.2, 0.25) is 0 Å². The normalized spacial score (nSPS) is 17.6. The predicted octanol–water partition coefficient (Wildman–Crippen LogP) is 4.85. The molecule has 35 heavy (non-hydrogen) atoms. The summed E-state index contributed by atoms with van der Waals surface area (Å²) in [5, 5.41) is 2.10. The lowest BCUT2D eigenvalue weighted by molar-refractivity contribution is -0.147. The molecule has 1 unspecified atom stereocenters. The van der Waals surface area contributed by atoms with Crippen LogP contribution in [0.4, 0.5) is 0 Å². The Labute approximate surface area is 212 Å². The molecule has 2 aromatic rings. The van der Waals surface area contributed by atoms with Crippen molar-refractivity contribution >= 4 is 29.1 Å². The summed E-state index contributed by atoms with van der Waals surface area (Å²) < 4.78 is 4.96. The van der Waals surface area contributed by atoms with E-state index in [9.17, 15) is 14.4 Å². The summed E-state index contributed by atoms with van der Waals surface area (Å²) in [6.45, 7) is 9.33. The molecule has 0 saturated heterocycles. The van der Waals surface area contributed by atoms with Crippen LogP contribution in [-0.4, -0.2) is 53.3 Å². The molecule has 0 N–H and O–H groups in total. The number of esters is 1. The number of ether oxygens (including phenoxy) is 1. The molecule has 1 aliphatic heterocycles. The third-order valence-corrected chi connectivity index (χ3v) is 7.84. The van der Waals surface area contributed by atoms with Crippen LogP contribution in [0.25, 0.3) is 0 Å². The van der Waals surface area contributed by atoms with Crippen LogP contribution in [0.1, 0.15) is 81.0 Å². The monoisotopic (exact) mass is 496 g/mol. The highest BCUT2D eigenvalue weighted by atomic mass is 32.1. The lowest BCUT2D eigenvalue weighted by atomic mass is 9.85. The highest BCUT2D eigenvalue weighted by Crippen LogP contribution is 2.39. The number of carbonyl (C=O) groups excluding carboxylic acids is 3. The third-order valence-electron chi connectivity index (χ3n) is 6.84. The molecule has 1 aromatic heterocycles. The third kappa shape index (κ3) is 5.95. The maximum Gasteiger partial charge on any atom is 0.306 e. The minimum atomic E-state index is -0.372. The van der Waals surface area contributed by atoms with Crippen LogP contribution < -0.4 is 0 Å². The SMILES string of the molecule is CCOC(=O)CCC(=O)N(CC(=O)N1CCc2sccc2C1c1ccc(C(C)(C)C)cc1)C1CC1. The molecular formula is C28H36N2O4S. The van der Waals surface area contributed by atoms with E-state index < -0.39 is 0 Å². The lowest BCUT2D eigenvalue weighted by Gasteiger charge is -2.38. The van der Waals surface area contributed by atoms with Gasteiger partial charge in [0.25, 0.3) is 0 Å². The van der Waals surface area contributed by atoms with Gasteiger partial charge in [0.1, 0.15) is 6.54 Å². The van der Waals surface area contributed by atoms with Gasteiger partial charge in [0, 0.05) is 23.9 Å². The van der Waals surface area contributed by atoms with E-state index in [1.165, 1.54) is 16.0 Å². The van der Waals surface area contributed by atoms with Gasteiger partial charge in [-0.05, 0) is 59.7 Å². The van der Waals surface area contributed by atoms with Gasteiger partial charge in [0.05, 0.1) is 19.1 Å². The van der Waals surface area contributed by atoms with Crippen molar-refractivity contribution < 1.29 is 19.1 Å². The molecule has 0 radical (unpaired) electrons. The highest BCUT2D eigenvalue weighted by Gasteiger charge is 2.38. The van der Waals surface area contributed by atoms with Crippen molar-refractivity contribution in [3.63, 3.8) is 0 Å². The summed E-state index contributed by atoms with van der Waals surface area (Å²) in [4.78, 5) is 43.3. The summed E-state index contributed by atoms with van der Waals surface area (Å²) in [6.07, 6.45) is 2.77. The molecule has 7 heteroatoms. The standard InChI is InChI=1S/C28H36N2O4S/c1-5-34-26(33)13-12-24(31)30(21-10-11-21)18-25(32)29-16-14-23-22(15-17-35-23)27(29)19-6-8-20(9-7-19)28(2,3)4/h6-9,15,17,21,27H,5,10-14,16,18H2,1-4H3. The van der Waals surface area contributed by atoms with E-state index in [1.807, 2.05) is 4.90 Å². The largest absolute Gasteiger partial charge is 0.466 e. The Morgan fingerprint density at radius 2 is 1.80 bits per heavy atom. The second-order valence-corrected chi connectivity index (χ2v) is 11.5. The Balaban J connectivity index is 1.53. The van der Waals surface area contributed by atoms with E-state index in [4.69, 9.17) is 4.74 Å². The minimum absolute atomic E-state index is 0.0388. The lowest BCUT2D eigenvalue weighted by Crippen LogP contribution is -2.47. The van der Waals surface area contributed by atoms with Crippen molar-refractivity contribution in [2.75, 3.05) is 19.7 Å². The number of fused-ring (bicyclic) bond motifs is 1. The number of hydrogen-bond acceptors (Lipinski definition) is 5. The van der Waals surface area contributed by atoms with Crippen LogP contribution >= 0.6 is 11.3 Å². The Bertz CT molecular complexity index is 1070. The zero-order chi connectivity index (χ0) is 25.2. The first kappa shape index (κ1) is 25.4. The molecule has 6 nitrogen and oxygen atoms in total. The van der Waals surface area contributed by atoms with Crippen LogP contribution in [0.15, 0.2) is 35.7 Å². The number of nitrogens with zero attached hydrogens (tertiary/aromatic N) is 2. The smallest absolute Gasteiger partial charge is 0.306 e. The van der Waals surface area contributed by atoms with Gasteiger partial charge >= 0.3 is 5.97 Å². The Morgan fingerprint density at radius 3 is 2.43 bits per heavy atom. The minimum Gasteiger partial charge on any atom is -0.466 e. The van der Waals surface area contributed by atoms with Crippen molar-refractivity contribution in [1.82, 2.24) is 9.80 Å². The highest BCUT2D eigenvalue weighted by molar-refractivity contribution is 7.10. The van der Waals surface area contributed by atoms with E-state index in [0.717, 1.165) is 24.8 Å². The Morgan fingerprint density at radius 1 is 1.09 bits per heavy atom. The fourth-order valence-electron chi connectivity index (χ4n) is 4.74. The van der Waals surface area contributed by atoms with Crippen LogP contribution in [0.5, 0.6) is 0 Å².